The van der Waals surface area contributed by atoms with Crippen LogP contribution in [0.25, 0.3) is 0 Å². The van der Waals surface area contributed by atoms with Gasteiger partial charge in [0.25, 0.3) is 0 Å². The van der Waals surface area contributed by atoms with E-state index in [1.807, 2.05) is 14.0 Å². The Morgan fingerprint density at radius 3 is 2.71 bits per heavy atom. The summed E-state index contributed by atoms with van der Waals surface area (Å²) in [4.78, 5) is 14.5. The maximum atomic E-state index is 12.9. The van der Waals surface area contributed by atoms with E-state index in [4.69, 9.17) is 0 Å². The number of amides is 1. The number of alkyl halides is 3. The quantitative estimate of drug-likeness (QED) is 0.880. The van der Waals surface area contributed by atoms with E-state index in [9.17, 15) is 18.0 Å². The lowest BCUT2D eigenvalue weighted by Crippen LogP contribution is -2.48. The maximum Gasteiger partial charge on any atom is 0.416 e. The van der Waals surface area contributed by atoms with Crippen molar-refractivity contribution in [2.24, 2.45) is 0 Å². The Kier molecular flexibility index (Phi) is 7.55. The van der Waals surface area contributed by atoms with Crippen molar-refractivity contribution in [3.05, 3.63) is 35.4 Å². The van der Waals surface area contributed by atoms with Crippen LogP contribution in [0.1, 0.15) is 43.2 Å². The highest BCUT2D eigenvalue weighted by atomic mass is 35.5. The number of piperidine rings is 1. The molecule has 1 aliphatic rings. The molecule has 1 heterocycles. The molecular weight excluding hydrogens is 341 g/mol. The Labute approximate surface area is 147 Å². The Balaban J connectivity index is 0.00000288. The Hall–Kier alpha value is -1.27. The molecule has 1 N–H and O–H groups in total. The van der Waals surface area contributed by atoms with Crippen molar-refractivity contribution in [2.45, 2.75) is 44.3 Å². The van der Waals surface area contributed by atoms with Gasteiger partial charge in [-0.25, -0.2) is 0 Å². The van der Waals surface area contributed by atoms with E-state index in [0.29, 0.717) is 25.1 Å². The van der Waals surface area contributed by atoms with Crippen molar-refractivity contribution in [3.63, 3.8) is 0 Å². The van der Waals surface area contributed by atoms with E-state index in [1.54, 1.807) is 11.0 Å². The Morgan fingerprint density at radius 1 is 1.42 bits per heavy atom. The van der Waals surface area contributed by atoms with Crippen molar-refractivity contribution in [3.8, 4) is 0 Å². The summed E-state index contributed by atoms with van der Waals surface area (Å²) in [6.45, 7) is 3.12. The highest BCUT2D eigenvalue weighted by Crippen LogP contribution is 2.32. The molecule has 0 saturated carbocycles. The monoisotopic (exact) mass is 364 g/mol. The summed E-state index contributed by atoms with van der Waals surface area (Å²) >= 11 is 0. The molecule has 7 heteroatoms. The van der Waals surface area contributed by atoms with Gasteiger partial charge in [-0.2, -0.15) is 13.2 Å². The number of carbonyl (C=O) groups is 1. The van der Waals surface area contributed by atoms with Crippen molar-refractivity contribution >= 4 is 18.3 Å². The summed E-state index contributed by atoms with van der Waals surface area (Å²) in [6.07, 6.45) is -1.97. The average Bonchev–Trinajstić information content (AvgIpc) is 2.55. The number of likely N-dealkylation sites (tertiary alicyclic amines) is 1. The Morgan fingerprint density at radius 2 is 2.12 bits per heavy atom. The van der Waals surface area contributed by atoms with Crippen LogP contribution in [-0.4, -0.2) is 37.0 Å². The largest absolute Gasteiger partial charge is 0.416 e. The number of halogens is 4. The lowest BCUT2D eigenvalue weighted by molar-refractivity contribution is -0.138. The van der Waals surface area contributed by atoms with Gasteiger partial charge in [0.1, 0.15) is 0 Å². The minimum atomic E-state index is -4.39. The van der Waals surface area contributed by atoms with Gasteiger partial charge in [0.05, 0.1) is 11.5 Å². The molecule has 1 aliphatic heterocycles. The molecule has 136 valence electrons. The number of carbonyl (C=O) groups excluding carboxylic acids is 1. The van der Waals surface area contributed by atoms with Crippen LogP contribution >= 0.6 is 12.4 Å². The first-order valence-corrected chi connectivity index (χ1v) is 8.00. The highest BCUT2D eigenvalue weighted by Gasteiger charge is 2.33. The number of rotatable bonds is 4. The van der Waals surface area contributed by atoms with Crippen molar-refractivity contribution in [1.29, 1.82) is 0 Å². The predicted octanol–water partition coefficient (Wildman–Crippen LogP) is 3.83. The first kappa shape index (κ1) is 20.8. The zero-order valence-corrected chi connectivity index (χ0v) is 14.7. The van der Waals surface area contributed by atoms with Gasteiger partial charge in [-0.05, 0) is 37.9 Å². The summed E-state index contributed by atoms with van der Waals surface area (Å²) in [5.74, 6) is -0.598. The molecule has 0 bridgehead atoms. The molecule has 1 aromatic rings. The van der Waals surface area contributed by atoms with Crippen LogP contribution in [0, 0.1) is 0 Å². The fourth-order valence-electron chi connectivity index (χ4n) is 3.12. The summed E-state index contributed by atoms with van der Waals surface area (Å²) < 4.78 is 38.7. The number of hydrogen-bond donors (Lipinski definition) is 1. The van der Waals surface area contributed by atoms with E-state index < -0.39 is 17.7 Å². The van der Waals surface area contributed by atoms with Crippen LogP contribution in [0.15, 0.2) is 24.3 Å². The summed E-state index contributed by atoms with van der Waals surface area (Å²) in [7, 11) is 1.86. The van der Waals surface area contributed by atoms with E-state index >= 15 is 0 Å². The molecule has 1 aromatic carbocycles. The van der Waals surface area contributed by atoms with Crippen molar-refractivity contribution < 1.29 is 18.0 Å². The average molecular weight is 365 g/mol. The smallest absolute Gasteiger partial charge is 0.341 e. The van der Waals surface area contributed by atoms with E-state index in [2.05, 4.69) is 5.32 Å². The highest BCUT2D eigenvalue weighted by molar-refractivity contribution is 5.85. The molecule has 0 spiro atoms. The van der Waals surface area contributed by atoms with Crippen molar-refractivity contribution in [1.82, 2.24) is 10.2 Å². The van der Waals surface area contributed by atoms with Gasteiger partial charge in [0, 0.05) is 19.1 Å². The first-order valence-electron chi connectivity index (χ1n) is 8.00. The van der Waals surface area contributed by atoms with Gasteiger partial charge in [0.15, 0.2) is 0 Å². The minimum absolute atomic E-state index is 0. The van der Waals surface area contributed by atoms with Crippen LogP contribution in [0.5, 0.6) is 0 Å². The van der Waals surface area contributed by atoms with Gasteiger partial charge in [-0.15, -0.1) is 12.4 Å². The number of hydrogen-bond acceptors (Lipinski definition) is 2. The van der Waals surface area contributed by atoms with Crippen molar-refractivity contribution in [2.75, 3.05) is 20.1 Å². The summed E-state index contributed by atoms with van der Waals surface area (Å²) in [6, 6.07) is 5.39. The standard InChI is InChI=1S/C17H23F3N2O.ClH/c1-3-15(12-6-4-7-13(10-12)17(18,19)20)16(23)22-9-5-8-14(11-22)21-2;/h4,6-7,10,14-15,21H,3,5,8-9,11H2,1-2H3;1H. The molecule has 1 saturated heterocycles. The van der Waals surface area contributed by atoms with Crippen LogP contribution in [0.4, 0.5) is 13.2 Å². The third-order valence-electron chi connectivity index (χ3n) is 4.46. The lowest BCUT2D eigenvalue weighted by Gasteiger charge is -2.35. The Bertz CT molecular complexity index is 551. The normalized spacial score (nSPS) is 19.5. The second-order valence-electron chi connectivity index (χ2n) is 6.00. The molecule has 2 atom stereocenters. The van der Waals surface area contributed by atoms with E-state index in [-0.39, 0.29) is 24.4 Å². The fraction of sp³-hybridized carbons (Fsp3) is 0.588. The molecule has 24 heavy (non-hydrogen) atoms. The molecule has 1 fully saturated rings. The molecule has 1 amide bonds. The molecular formula is C17H24ClF3N2O. The molecule has 0 aromatic heterocycles. The van der Waals surface area contributed by atoms with Gasteiger partial charge in [0.2, 0.25) is 5.91 Å². The second-order valence-corrected chi connectivity index (χ2v) is 6.00. The molecule has 3 nitrogen and oxygen atoms in total. The topological polar surface area (TPSA) is 32.3 Å². The second kappa shape index (κ2) is 8.72. The maximum absolute atomic E-state index is 12.9. The van der Waals surface area contributed by atoms with Gasteiger partial charge < -0.3 is 10.2 Å². The third kappa shape index (κ3) is 4.86. The van der Waals surface area contributed by atoms with Gasteiger partial charge in [-0.3, -0.25) is 4.79 Å². The van der Waals surface area contributed by atoms with Gasteiger partial charge >= 0.3 is 6.18 Å². The zero-order chi connectivity index (χ0) is 17.0. The first-order chi connectivity index (χ1) is 10.9. The number of nitrogens with zero attached hydrogens (tertiary/aromatic N) is 1. The van der Waals surface area contributed by atoms with Gasteiger partial charge in [-0.1, -0.05) is 25.1 Å². The van der Waals surface area contributed by atoms with Crippen LogP contribution in [0.2, 0.25) is 0 Å². The third-order valence-corrected chi connectivity index (χ3v) is 4.46. The molecule has 0 radical (unpaired) electrons. The summed E-state index contributed by atoms with van der Waals surface area (Å²) in [5.41, 5.74) is -0.257. The number of nitrogens with one attached hydrogen (secondary N) is 1. The fourth-order valence-corrected chi connectivity index (χ4v) is 3.12. The van der Waals surface area contributed by atoms with E-state index in [0.717, 1.165) is 25.0 Å². The SMILES string of the molecule is CCC(C(=O)N1CCCC(NC)C1)c1cccc(C(F)(F)F)c1.Cl. The minimum Gasteiger partial charge on any atom is -0.341 e. The van der Waals surface area contributed by atoms with Crippen LogP contribution in [0.3, 0.4) is 0 Å². The van der Waals surface area contributed by atoms with Crippen LogP contribution < -0.4 is 5.32 Å². The molecule has 2 unspecified atom stereocenters. The predicted molar refractivity (Wildman–Crippen MR) is 90.4 cm³/mol. The molecule has 0 aliphatic carbocycles. The van der Waals surface area contributed by atoms with Crippen LogP contribution in [-0.2, 0) is 11.0 Å². The lowest BCUT2D eigenvalue weighted by atomic mass is 9.92. The van der Waals surface area contributed by atoms with E-state index in [1.165, 1.54) is 6.07 Å². The summed E-state index contributed by atoms with van der Waals surface area (Å²) in [5, 5.41) is 3.17. The molecule has 2 rings (SSSR count). The number of likely N-dealkylation sites (N-methyl/N-ethyl adjacent to an activating group) is 1. The zero-order valence-electron chi connectivity index (χ0n) is 13.9. The number of benzene rings is 1.